The van der Waals surface area contributed by atoms with Crippen LogP contribution in [0.3, 0.4) is 0 Å². The first-order chi connectivity index (χ1) is 7.51. The maximum atomic E-state index is 12.0. The van der Waals surface area contributed by atoms with Crippen LogP contribution in [0.1, 0.15) is 25.1 Å². The highest BCUT2D eigenvalue weighted by atomic mass is 19.4. The first-order valence-electron chi connectivity index (χ1n) is 5.10. The molecule has 4 nitrogen and oxygen atoms in total. The molecular weight excluding hydrogens is 223 g/mol. The van der Waals surface area contributed by atoms with Gasteiger partial charge in [-0.25, -0.2) is 0 Å². The molecule has 92 valence electrons. The van der Waals surface area contributed by atoms with Gasteiger partial charge >= 0.3 is 6.18 Å². The van der Waals surface area contributed by atoms with Crippen LogP contribution in [0.15, 0.2) is 4.42 Å². The summed E-state index contributed by atoms with van der Waals surface area (Å²) in [7, 11) is 0. The van der Waals surface area contributed by atoms with E-state index in [2.05, 4.69) is 15.5 Å². The summed E-state index contributed by atoms with van der Waals surface area (Å²) in [5, 5.41) is 9.99. The molecule has 1 rings (SSSR count). The lowest BCUT2D eigenvalue weighted by Crippen LogP contribution is -2.14. The topological polar surface area (TPSA) is 51.0 Å². The average molecular weight is 237 g/mol. The van der Waals surface area contributed by atoms with Crippen LogP contribution < -0.4 is 5.32 Å². The van der Waals surface area contributed by atoms with Crippen LogP contribution in [0.25, 0.3) is 0 Å². The third-order valence-corrected chi connectivity index (χ3v) is 1.85. The van der Waals surface area contributed by atoms with Crippen molar-refractivity contribution in [1.82, 2.24) is 15.5 Å². The van der Waals surface area contributed by atoms with Crippen molar-refractivity contribution in [3.63, 3.8) is 0 Å². The van der Waals surface area contributed by atoms with E-state index < -0.39 is 12.6 Å². The van der Waals surface area contributed by atoms with E-state index >= 15 is 0 Å². The van der Waals surface area contributed by atoms with E-state index in [-0.39, 0.29) is 11.8 Å². The van der Waals surface area contributed by atoms with Crippen molar-refractivity contribution in [2.45, 2.75) is 32.4 Å². The molecule has 1 heterocycles. The predicted octanol–water partition coefficient (Wildman–Crippen LogP) is 1.72. The predicted molar refractivity (Wildman–Crippen MR) is 50.9 cm³/mol. The van der Waals surface area contributed by atoms with Gasteiger partial charge in [0.05, 0.1) is 0 Å². The highest BCUT2D eigenvalue weighted by Crippen LogP contribution is 2.20. The average Bonchev–Trinajstić information content (AvgIpc) is 2.58. The minimum Gasteiger partial charge on any atom is -0.425 e. The number of hydrogen-bond acceptors (Lipinski definition) is 4. The van der Waals surface area contributed by atoms with Gasteiger partial charge in [0.1, 0.15) is 6.42 Å². The van der Waals surface area contributed by atoms with E-state index in [0.29, 0.717) is 6.42 Å². The van der Waals surface area contributed by atoms with Gasteiger partial charge in [0, 0.05) is 6.42 Å². The summed E-state index contributed by atoms with van der Waals surface area (Å²) in [4.78, 5) is 0. The second kappa shape index (κ2) is 5.83. The summed E-state index contributed by atoms with van der Waals surface area (Å²) in [5.74, 6) is -0.108. The van der Waals surface area contributed by atoms with Crippen molar-refractivity contribution >= 4 is 0 Å². The lowest BCUT2D eigenvalue weighted by Gasteiger charge is -2.00. The summed E-state index contributed by atoms with van der Waals surface area (Å²) in [6.45, 7) is 3.63. The number of alkyl halides is 3. The van der Waals surface area contributed by atoms with Crippen molar-refractivity contribution in [3.05, 3.63) is 11.8 Å². The maximum absolute atomic E-state index is 12.0. The molecule has 0 radical (unpaired) electrons. The van der Waals surface area contributed by atoms with Gasteiger partial charge in [0.25, 0.3) is 0 Å². The second-order valence-corrected chi connectivity index (χ2v) is 3.34. The Bertz CT molecular complexity index is 311. The molecule has 1 N–H and O–H groups in total. The SMILES string of the molecule is CCNCCCc1nnc(CC(F)(F)F)o1. The summed E-state index contributed by atoms with van der Waals surface area (Å²) in [6.07, 6.45) is -4.19. The van der Waals surface area contributed by atoms with Gasteiger partial charge in [0.15, 0.2) is 0 Å². The highest BCUT2D eigenvalue weighted by Gasteiger charge is 2.30. The van der Waals surface area contributed by atoms with Crippen LogP contribution in [0.2, 0.25) is 0 Å². The van der Waals surface area contributed by atoms with Crippen LogP contribution >= 0.6 is 0 Å². The Morgan fingerprint density at radius 2 is 1.94 bits per heavy atom. The van der Waals surface area contributed by atoms with E-state index in [0.717, 1.165) is 19.5 Å². The first kappa shape index (κ1) is 13.0. The molecule has 0 unspecified atom stereocenters. The number of hydrogen-bond donors (Lipinski definition) is 1. The first-order valence-corrected chi connectivity index (χ1v) is 5.10. The molecule has 0 saturated carbocycles. The Morgan fingerprint density at radius 3 is 2.56 bits per heavy atom. The zero-order valence-corrected chi connectivity index (χ0v) is 8.97. The molecule has 0 aliphatic heterocycles. The minimum atomic E-state index is -4.30. The lowest BCUT2D eigenvalue weighted by molar-refractivity contribution is -0.130. The lowest BCUT2D eigenvalue weighted by atomic mass is 10.3. The fraction of sp³-hybridized carbons (Fsp3) is 0.778. The summed E-state index contributed by atoms with van der Waals surface area (Å²) in [5.41, 5.74) is 0. The van der Waals surface area contributed by atoms with Crippen molar-refractivity contribution in [3.8, 4) is 0 Å². The Kier molecular flexibility index (Phi) is 4.72. The molecule has 0 amide bonds. The maximum Gasteiger partial charge on any atom is 0.397 e. The van der Waals surface area contributed by atoms with E-state index in [1.54, 1.807) is 0 Å². The Hall–Kier alpha value is -1.11. The minimum absolute atomic E-state index is 0.261. The molecule has 0 aromatic carbocycles. The summed E-state index contributed by atoms with van der Waals surface area (Å²) in [6, 6.07) is 0. The molecule has 1 aromatic heterocycles. The fourth-order valence-corrected chi connectivity index (χ4v) is 1.17. The third kappa shape index (κ3) is 5.11. The van der Waals surface area contributed by atoms with Crippen LogP contribution in [-0.4, -0.2) is 29.5 Å². The van der Waals surface area contributed by atoms with E-state index in [1.807, 2.05) is 6.92 Å². The van der Waals surface area contributed by atoms with Gasteiger partial charge in [-0.15, -0.1) is 10.2 Å². The number of nitrogens with one attached hydrogen (secondary N) is 1. The molecule has 0 atom stereocenters. The zero-order chi connectivity index (χ0) is 12.0. The van der Waals surface area contributed by atoms with E-state index in [9.17, 15) is 13.2 Å². The number of nitrogens with zero attached hydrogens (tertiary/aromatic N) is 2. The standard InChI is InChI=1S/C9H14F3N3O/c1-2-13-5-3-4-7-14-15-8(16-7)6-9(10,11)12/h13H,2-6H2,1H3. The van der Waals surface area contributed by atoms with E-state index in [1.165, 1.54) is 0 Å². The van der Waals surface area contributed by atoms with Crippen molar-refractivity contribution < 1.29 is 17.6 Å². The van der Waals surface area contributed by atoms with Crippen LogP contribution in [0, 0.1) is 0 Å². The smallest absolute Gasteiger partial charge is 0.397 e. The quantitative estimate of drug-likeness (QED) is 0.765. The number of halogens is 3. The van der Waals surface area contributed by atoms with Gasteiger partial charge in [-0.1, -0.05) is 6.92 Å². The van der Waals surface area contributed by atoms with Crippen LogP contribution in [0.4, 0.5) is 13.2 Å². The summed E-state index contributed by atoms with van der Waals surface area (Å²) >= 11 is 0. The molecule has 0 aliphatic carbocycles. The Labute approximate surface area is 91.2 Å². The van der Waals surface area contributed by atoms with Gasteiger partial charge in [0.2, 0.25) is 11.8 Å². The molecule has 0 saturated heterocycles. The van der Waals surface area contributed by atoms with E-state index in [4.69, 9.17) is 4.42 Å². The van der Waals surface area contributed by atoms with Gasteiger partial charge in [-0.05, 0) is 19.5 Å². The largest absolute Gasteiger partial charge is 0.425 e. The molecule has 0 aliphatic rings. The third-order valence-electron chi connectivity index (χ3n) is 1.85. The van der Waals surface area contributed by atoms with Crippen molar-refractivity contribution in [1.29, 1.82) is 0 Å². The van der Waals surface area contributed by atoms with Crippen molar-refractivity contribution in [2.24, 2.45) is 0 Å². The highest BCUT2D eigenvalue weighted by molar-refractivity contribution is 4.84. The van der Waals surface area contributed by atoms with Gasteiger partial charge < -0.3 is 9.73 Å². The monoisotopic (exact) mass is 237 g/mol. The van der Waals surface area contributed by atoms with Crippen molar-refractivity contribution in [2.75, 3.05) is 13.1 Å². The zero-order valence-electron chi connectivity index (χ0n) is 8.97. The summed E-state index contributed by atoms with van der Waals surface area (Å²) < 4.78 is 40.8. The Morgan fingerprint density at radius 1 is 1.25 bits per heavy atom. The molecule has 16 heavy (non-hydrogen) atoms. The molecular formula is C9H14F3N3O. The van der Waals surface area contributed by atoms with Crippen LogP contribution in [-0.2, 0) is 12.8 Å². The second-order valence-electron chi connectivity index (χ2n) is 3.34. The van der Waals surface area contributed by atoms with Gasteiger partial charge in [-0.3, -0.25) is 0 Å². The van der Waals surface area contributed by atoms with Crippen LogP contribution in [0.5, 0.6) is 0 Å². The molecule has 7 heteroatoms. The number of rotatable bonds is 6. The normalized spacial score (nSPS) is 12.0. The molecule has 1 aromatic rings. The number of aromatic nitrogens is 2. The fourth-order valence-electron chi connectivity index (χ4n) is 1.17. The molecule has 0 fully saturated rings. The number of aryl methyl sites for hydroxylation is 1. The Balaban J connectivity index is 2.34. The molecule has 0 bridgehead atoms. The molecule has 0 spiro atoms. The van der Waals surface area contributed by atoms with Gasteiger partial charge in [-0.2, -0.15) is 13.2 Å².